The molecule has 1 aliphatic rings. The third kappa shape index (κ3) is 0.740. The Morgan fingerprint density at radius 2 is 2.25 bits per heavy atom. The van der Waals surface area contributed by atoms with E-state index in [4.69, 9.17) is 10.5 Å². The fourth-order valence-electron chi connectivity index (χ4n) is 0.857. The van der Waals surface area contributed by atoms with Crippen molar-refractivity contribution < 1.29 is 4.74 Å². The van der Waals surface area contributed by atoms with Gasteiger partial charge in [0, 0.05) is 12.0 Å². The molecule has 0 aliphatic carbocycles. The van der Waals surface area contributed by atoms with Crippen LogP contribution in [0.4, 0.5) is 0 Å². The molecule has 0 radical (unpaired) electrons. The van der Waals surface area contributed by atoms with Gasteiger partial charge in [0.05, 0.1) is 13.2 Å². The second kappa shape index (κ2) is 2.03. The van der Waals surface area contributed by atoms with E-state index in [-0.39, 0.29) is 0 Å². The molecule has 0 spiro atoms. The van der Waals surface area contributed by atoms with E-state index in [2.05, 4.69) is 6.92 Å². The highest BCUT2D eigenvalue weighted by atomic mass is 16.5. The van der Waals surface area contributed by atoms with Gasteiger partial charge in [0.2, 0.25) is 0 Å². The molecule has 0 aromatic carbocycles. The molecule has 0 amide bonds. The molecular weight excluding hydrogens is 102 g/mol. The van der Waals surface area contributed by atoms with Gasteiger partial charge in [-0.05, 0) is 6.42 Å². The second-order valence-corrected chi connectivity index (χ2v) is 2.55. The lowest BCUT2D eigenvalue weighted by molar-refractivity contribution is -0.108. The molecule has 2 N–H and O–H groups in total. The summed E-state index contributed by atoms with van der Waals surface area (Å²) in [5, 5.41) is 0. The van der Waals surface area contributed by atoms with Crippen LogP contribution in [0.2, 0.25) is 0 Å². The van der Waals surface area contributed by atoms with Crippen molar-refractivity contribution in [1.29, 1.82) is 0 Å². The van der Waals surface area contributed by atoms with Crippen molar-refractivity contribution in [2.75, 3.05) is 19.8 Å². The highest BCUT2D eigenvalue weighted by Crippen LogP contribution is 2.28. The van der Waals surface area contributed by atoms with E-state index in [9.17, 15) is 0 Å². The Bertz CT molecular complexity index is 65.1. The number of nitrogens with two attached hydrogens (primary N) is 1. The molecule has 1 saturated heterocycles. The molecule has 0 atom stereocenters. The average molecular weight is 115 g/mol. The van der Waals surface area contributed by atoms with Gasteiger partial charge in [-0.1, -0.05) is 6.92 Å². The summed E-state index contributed by atoms with van der Waals surface area (Å²) >= 11 is 0. The zero-order chi connectivity index (χ0) is 6.04. The molecule has 2 heteroatoms. The molecular formula is C6H13NO. The lowest BCUT2D eigenvalue weighted by Gasteiger charge is -2.39. The Kier molecular flexibility index (Phi) is 1.54. The minimum absolute atomic E-state index is 0.361. The van der Waals surface area contributed by atoms with Crippen molar-refractivity contribution in [1.82, 2.24) is 0 Å². The van der Waals surface area contributed by atoms with E-state index in [1.54, 1.807) is 0 Å². The molecule has 1 heterocycles. The van der Waals surface area contributed by atoms with E-state index < -0.39 is 0 Å². The van der Waals surface area contributed by atoms with Gasteiger partial charge in [-0.15, -0.1) is 0 Å². The molecule has 1 fully saturated rings. The van der Waals surface area contributed by atoms with Gasteiger partial charge in [-0.2, -0.15) is 0 Å². The van der Waals surface area contributed by atoms with Crippen LogP contribution in [0.1, 0.15) is 13.3 Å². The molecule has 8 heavy (non-hydrogen) atoms. The average Bonchev–Trinajstić information content (AvgIpc) is 1.67. The predicted octanol–water partition coefficient (Wildman–Crippen LogP) is 0.372. The van der Waals surface area contributed by atoms with E-state index in [0.717, 1.165) is 26.2 Å². The fraction of sp³-hybridized carbons (Fsp3) is 1.00. The van der Waals surface area contributed by atoms with Crippen molar-refractivity contribution in [3.63, 3.8) is 0 Å². The van der Waals surface area contributed by atoms with Gasteiger partial charge in [-0.3, -0.25) is 0 Å². The van der Waals surface area contributed by atoms with Crippen LogP contribution in [0.5, 0.6) is 0 Å². The highest BCUT2D eigenvalue weighted by molar-refractivity contribution is 4.84. The molecule has 0 aromatic heterocycles. The lowest BCUT2D eigenvalue weighted by atomic mass is 9.84. The zero-order valence-corrected chi connectivity index (χ0v) is 5.31. The summed E-state index contributed by atoms with van der Waals surface area (Å²) in [5.41, 5.74) is 5.86. The Hall–Kier alpha value is -0.0800. The molecule has 0 aromatic rings. The Morgan fingerprint density at radius 1 is 1.62 bits per heavy atom. The van der Waals surface area contributed by atoms with Gasteiger partial charge in [-0.25, -0.2) is 0 Å². The first-order valence-corrected chi connectivity index (χ1v) is 3.11. The number of ether oxygens (including phenoxy) is 1. The SMILES string of the molecule is CCC1(CN)COC1. The number of hydrogen-bond donors (Lipinski definition) is 1. The van der Waals surface area contributed by atoms with E-state index >= 15 is 0 Å². The van der Waals surface area contributed by atoms with Gasteiger partial charge < -0.3 is 10.5 Å². The van der Waals surface area contributed by atoms with Crippen LogP contribution in [0.3, 0.4) is 0 Å². The Morgan fingerprint density at radius 3 is 2.25 bits per heavy atom. The molecule has 2 nitrogen and oxygen atoms in total. The first-order valence-electron chi connectivity index (χ1n) is 3.11. The van der Waals surface area contributed by atoms with E-state index in [1.165, 1.54) is 0 Å². The first kappa shape index (κ1) is 6.05. The molecule has 0 saturated carbocycles. The molecule has 1 aliphatic heterocycles. The van der Waals surface area contributed by atoms with Crippen LogP contribution < -0.4 is 5.73 Å². The van der Waals surface area contributed by atoms with Crippen LogP contribution >= 0.6 is 0 Å². The smallest absolute Gasteiger partial charge is 0.0556 e. The van der Waals surface area contributed by atoms with Crippen molar-refractivity contribution in [2.24, 2.45) is 11.1 Å². The maximum Gasteiger partial charge on any atom is 0.0556 e. The Balaban J connectivity index is 2.33. The van der Waals surface area contributed by atoms with Crippen molar-refractivity contribution >= 4 is 0 Å². The summed E-state index contributed by atoms with van der Waals surface area (Å²) in [6.07, 6.45) is 1.16. The topological polar surface area (TPSA) is 35.2 Å². The molecule has 0 bridgehead atoms. The summed E-state index contributed by atoms with van der Waals surface area (Å²) in [4.78, 5) is 0. The molecule has 1 rings (SSSR count). The van der Waals surface area contributed by atoms with Crippen molar-refractivity contribution in [2.45, 2.75) is 13.3 Å². The fourth-order valence-corrected chi connectivity index (χ4v) is 0.857. The van der Waals surface area contributed by atoms with Gasteiger partial charge >= 0.3 is 0 Å². The lowest BCUT2D eigenvalue weighted by Crippen LogP contribution is -2.47. The van der Waals surface area contributed by atoms with E-state index in [0.29, 0.717) is 5.41 Å². The standard InChI is InChI=1S/C6H13NO/c1-2-6(3-7)4-8-5-6/h2-5,7H2,1H3. The van der Waals surface area contributed by atoms with Crippen LogP contribution in [0, 0.1) is 5.41 Å². The second-order valence-electron chi connectivity index (χ2n) is 2.55. The monoisotopic (exact) mass is 115 g/mol. The number of rotatable bonds is 2. The minimum atomic E-state index is 0.361. The van der Waals surface area contributed by atoms with Crippen molar-refractivity contribution in [3.8, 4) is 0 Å². The maximum absolute atomic E-state index is 5.50. The van der Waals surface area contributed by atoms with Crippen LogP contribution in [-0.4, -0.2) is 19.8 Å². The molecule has 48 valence electrons. The highest BCUT2D eigenvalue weighted by Gasteiger charge is 2.34. The zero-order valence-electron chi connectivity index (χ0n) is 5.31. The van der Waals surface area contributed by atoms with Crippen LogP contribution in [-0.2, 0) is 4.74 Å². The quantitative estimate of drug-likeness (QED) is 0.564. The molecule has 0 unspecified atom stereocenters. The third-order valence-electron chi connectivity index (χ3n) is 2.00. The third-order valence-corrected chi connectivity index (χ3v) is 2.00. The largest absolute Gasteiger partial charge is 0.380 e. The summed E-state index contributed by atoms with van der Waals surface area (Å²) in [5.74, 6) is 0. The predicted molar refractivity (Wildman–Crippen MR) is 32.6 cm³/mol. The maximum atomic E-state index is 5.50. The van der Waals surface area contributed by atoms with Crippen molar-refractivity contribution in [3.05, 3.63) is 0 Å². The first-order chi connectivity index (χ1) is 3.83. The normalized spacial score (nSPS) is 24.8. The summed E-state index contributed by atoms with van der Waals surface area (Å²) in [7, 11) is 0. The van der Waals surface area contributed by atoms with Gasteiger partial charge in [0.1, 0.15) is 0 Å². The minimum Gasteiger partial charge on any atom is -0.380 e. The summed E-state index contributed by atoms with van der Waals surface area (Å²) < 4.78 is 5.04. The van der Waals surface area contributed by atoms with Crippen LogP contribution in [0.15, 0.2) is 0 Å². The summed E-state index contributed by atoms with van der Waals surface area (Å²) in [6.45, 7) is 4.69. The number of hydrogen-bond acceptors (Lipinski definition) is 2. The van der Waals surface area contributed by atoms with E-state index in [1.807, 2.05) is 0 Å². The van der Waals surface area contributed by atoms with Gasteiger partial charge in [0.15, 0.2) is 0 Å². The van der Waals surface area contributed by atoms with Crippen LogP contribution in [0.25, 0.3) is 0 Å². The Labute approximate surface area is 50.0 Å². The summed E-state index contributed by atoms with van der Waals surface area (Å²) in [6, 6.07) is 0. The van der Waals surface area contributed by atoms with Gasteiger partial charge in [0.25, 0.3) is 0 Å².